The molecule has 0 saturated carbocycles. The topological polar surface area (TPSA) is 46.6 Å². The average Bonchev–Trinajstić information content (AvgIpc) is 2.95. The third-order valence-corrected chi connectivity index (χ3v) is 3.64. The van der Waals surface area contributed by atoms with Gasteiger partial charge in [-0.1, -0.05) is 25.1 Å². The lowest BCUT2D eigenvalue weighted by Crippen LogP contribution is -2.30. The highest BCUT2D eigenvalue weighted by Crippen LogP contribution is 2.21. The van der Waals surface area contributed by atoms with Crippen LogP contribution < -0.4 is 0 Å². The zero-order valence-electron chi connectivity index (χ0n) is 11.4. The van der Waals surface area contributed by atoms with Crippen LogP contribution in [0.2, 0.25) is 0 Å². The number of carbonyl (C=O) groups is 2. The van der Waals surface area contributed by atoms with E-state index in [4.69, 9.17) is 4.74 Å². The molecule has 0 aliphatic carbocycles. The summed E-state index contributed by atoms with van der Waals surface area (Å²) in [4.78, 5) is 25.7. The number of esters is 1. The number of ether oxygens (including phenoxy) is 1. The van der Waals surface area contributed by atoms with Crippen LogP contribution in [0.5, 0.6) is 0 Å². The number of carbonyl (C=O) groups excluding carboxylic acids is 2. The predicted octanol–water partition coefficient (Wildman–Crippen LogP) is 1.88. The zero-order valence-corrected chi connectivity index (χ0v) is 11.4. The molecule has 19 heavy (non-hydrogen) atoms. The van der Waals surface area contributed by atoms with E-state index in [1.54, 1.807) is 4.90 Å². The number of aryl methyl sites for hydroxylation is 1. The van der Waals surface area contributed by atoms with Gasteiger partial charge in [-0.15, -0.1) is 0 Å². The number of nitrogens with zero attached hydrogens (tertiary/aromatic N) is 1. The van der Waals surface area contributed by atoms with E-state index < -0.39 is 0 Å². The summed E-state index contributed by atoms with van der Waals surface area (Å²) in [5, 5.41) is 0. The summed E-state index contributed by atoms with van der Waals surface area (Å²) in [5.74, 6) is -0.384. The van der Waals surface area contributed by atoms with Crippen molar-refractivity contribution in [3.63, 3.8) is 0 Å². The van der Waals surface area contributed by atoms with Crippen LogP contribution in [0, 0.1) is 5.92 Å². The molecule has 4 nitrogen and oxygen atoms in total. The lowest BCUT2D eigenvalue weighted by Gasteiger charge is -2.17. The second-order valence-electron chi connectivity index (χ2n) is 4.77. The van der Waals surface area contributed by atoms with E-state index in [-0.39, 0.29) is 17.8 Å². The van der Waals surface area contributed by atoms with E-state index in [0.29, 0.717) is 19.5 Å². The van der Waals surface area contributed by atoms with Gasteiger partial charge in [0.05, 0.1) is 13.0 Å². The molecule has 0 aromatic heterocycles. The van der Waals surface area contributed by atoms with Crippen molar-refractivity contribution < 1.29 is 14.3 Å². The van der Waals surface area contributed by atoms with Gasteiger partial charge in [-0.05, 0) is 24.5 Å². The predicted molar refractivity (Wildman–Crippen MR) is 71.8 cm³/mol. The molecule has 1 atom stereocenters. The molecule has 1 aromatic rings. The first-order valence-electron chi connectivity index (χ1n) is 6.62. The molecular formula is C15H19NO3. The lowest BCUT2D eigenvalue weighted by molar-refractivity contribution is -0.144. The number of methoxy groups -OCH3 is 1. The van der Waals surface area contributed by atoms with Crippen LogP contribution in [0.4, 0.5) is 0 Å². The molecule has 1 amide bonds. The number of benzene rings is 1. The molecule has 0 bridgehead atoms. The van der Waals surface area contributed by atoms with Crippen molar-refractivity contribution in [2.75, 3.05) is 20.2 Å². The van der Waals surface area contributed by atoms with Crippen molar-refractivity contribution >= 4 is 11.9 Å². The molecule has 1 aromatic carbocycles. The number of rotatable bonds is 3. The maximum absolute atomic E-state index is 12.5. The highest BCUT2D eigenvalue weighted by molar-refractivity contribution is 5.96. The van der Waals surface area contributed by atoms with E-state index in [1.165, 1.54) is 7.11 Å². The highest BCUT2D eigenvalue weighted by Gasteiger charge is 2.32. The first-order valence-corrected chi connectivity index (χ1v) is 6.62. The Morgan fingerprint density at radius 1 is 1.37 bits per heavy atom. The fourth-order valence-corrected chi connectivity index (χ4v) is 2.51. The Balaban J connectivity index is 2.11. The van der Waals surface area contributed by atoms with Crippen LogP contribution in [-0.2, 0) is 16.0 Å². The normalized spacial score (nSPS) is 18.4. The van der Waals surface area contributed by atoms with Crippen LogP contribution in [0.15, 0.2) is 24.3 Å². The summed E-state index contributed by atoms with van der Waals surface area (Å²) < 4.78 is 4.74. The monoisotopic (exact) mass is 261 g/mol. The Morgan fingerprint density at radius 3 is 2.79 bits per heavy atom. The molecule has 1 aliphatic heterocycles. The standard InChI is InChI=1S/C15H19NO3/c1-3-11-6-4-5-7-13(11)14(17)16-9-8-12(10-16)15(18)19-2/h4-7,12H,3,8-10H2,1-2H3. The Bertz CT molecular complexity index is 484. The Labute approximate surface area is 113 Å². The van der Waals surface area contributed by atoms with Gasteiger partial charge in [-0.25, -0.2) is 0 Å². The minimum Gasteiger partial charge on any atom is -0.469 e. The summed E-state index contributed by atoms with van der Waals surface area (Å²) in [6, 6.07) is 7.64. The first-order chi connectivity index (χ1) is 9.17. The minimum absolute atomic E-state index is 0.0175. The van der Waals surface area contributed by atoms with Gasteiger partial charge in [0.15, 0.2) is 0 Å². The van der Waals surface area contributed by atoms with E-state index in [2.05, 4.69) is 0 Å². The number of likely N-dealkylation sites (tertiary alicyclic amines) is 1. The van der Waals surface area contributed by atoms with Crippen molar-refractivity contribution in [3.05, 3.63) is 35.4 Å². The quantitative estimate of drug-likeness (QED) is 0.780. The molecule has 1 aliphatic rings. The smallest absolute Gasteiger partial charge is 0.310 e. The second-order valence-corrected chi connectivity index (χ2v) is 4.77. The highest BCUT2D eigenvalue weighted by atomic mass is 16.5. The average molecular weight is 261 g/mol. The van der Waals surface area contributed by atoms with Gasteiger partial charge in [0, 0.05) is 18.7 Å². The van der Waals surface area contributed by atoms with E-state index in [1.807, 2.05) is 31.2 Å². The fourth-order valence-electron chi connectivity index (χ4n) is 2.51. The molecule has 2 rings (SSSR count). The van der Waals surface area contributed by atoms with Gasteiger partial charge < -0.3 is 9.64 Å². The van der Waals surface area contributed by atoms with Gasteiger partial charge in [-0.3, -0.25) is 9.59 Å². The first kappa shape index (κ1) is 13.6. The lowest BCUT2D eigenvalue weighted by atomic mass is 10.0. The summed E-state index contributed by atoms with van der Waals surface area (Å²) in [7, 11) is 1.39. The molecule has 1 unspecified atom stereocenters. The van der Waals surface area contributed by atoms with Crippen molar-refractivity contribution in [2.45, 2.75) is 19.8 Å². The molecule has 0 N–H and O–H groups in total. The SMILES string of the molecule is CCc1ccccc1C(=O)N1CCC(C(=O)OC)C1. The van der Waals surface area contributed by atoms with Crippen molar-refractivity contribution in [2.24, 2.45) is 5.92 Å². The Kier molecular flexibility index (Phi) is 4.20. The molecule has 1 heterocycles. The summed E-state index contributed by atoms with van der Waals surface area (Å²) in [6.45, 7) is 3.12. The molecule has 1 saturated heterocycles. The van der Waals surface area contributed by atoms with Gasteiger partial charge >= 0.3 is 5.97 Å². The largest absolute Gasteiger partial charge is 0.469 e. The number of amides is 1. The molecular weight excluding hydrogens is 242 g/mol. The van der Waals surface area contributed by atoms with E-state index in [9.17, 15) is 9.59 Å². The Hall–Kier alpha value is -1.84. The van der Waals surface area contributed by atoms with Crippen molar-refractivity contribution in [1.29, 1.82) is 0 Å². The van der Waals surface area contributed by atoms with Crippen LogP contribution in [0.1, 0.15) is 29.3 Å². The van der Waals surface area contributed by atoms with E-state index in [0.717, 1.165) is 17.5 Å². The maximum Gasteiger partial charge on any atom is 0.310 e. The number of hydrogen-bond donors (Lipinski definition) is 0. The van der Waals surface area contributed by atoms with E-state index >= 15 is 0 Å². The van der Waals surface area contributed by atoms with Crippen LogP contribution in [0.3, 0.4) is 0 Å². The third-order valence-electron chi connectivity index (χ3n) is 3.64. The van der Waals surface area contributed by atoms with Gasteiger partial charge in [0.2, 0.25) is 0 Å². The summed E-state index contributed by atoms with van der Waals surface area (Å²) in [6.07, 6.45) is 1.52. The number of hydrogen-bond acceptors (Lipinski definition) is 3. The van der Waals surface area contributed by atoms with Crippen molar-refractivity contribution in [3.8, 4) is 0 Å². The molecule has 102 valence electrons. The molecule has 0 spiro atoms. The van der Waals surface area contributed by atoms with Gasteiger partial charge in [0.25, 0.3) is 5.91 Å². The van der Waals surface area contributed by atoms with Crippen molar-refractivity contribution in [1.82, 2.24) is 4.90 Å². The Morgan fingerprint density at radius 2 is 2.11 bits per heavy atom. The molecule has 1 fully saturated rings. The second kappa shape index (κ2) is 5.87. The molecule has 0 radical (unpaired) electrons. The maximum atomic E-state index is 12.5. The van der Waals surface area contributed by atoms with Crippen LogP contribution >= 0.6 is 0 Å². The fraction of sp³-hybridized carbons (Fsp3) is 0.467. The van der Waals surface area contributed by atoms with Gasteiger partial charge in [0.1, 0.15) is 0 Å². The van der Waals surface area contributed by atoms with Crippen LogP contribution in [0.25, 0.3) is 0 Å². The van der Waals surface area contributed by atoms with Gasteiger partial charge in [-0.2, -0.15) is 0 Å². The zero-order chi connectivity index (χ0) is 13.8. The summed E-state index contributed by atoms with van der Waals surface area (Å²) in [5.41, 5.74) is 1.80. The molecule has 4 heteroatoms. The summed E-state index contributed by atoms with van der Waals surface area (Å²) >= 11 is 0. The minimum atomic E-state index is -0.223. The third kappa shape index (κ3) is 2.78. The van der Waals surface area contributed by atoms with Crippen LogP contribution in [-0.4, -0.2) is 37.0 Å².